The summed E-state index contributed by atoms with van der Waals surface area (Å²) in [5.41, 5.74) is 0.921. The third-order valence-corrected chi connectivity index (χ3v) is 0.741. The van der Waals surface area contributed by atoms with Crippen molar-refractivity contribution in [3.8, 4) is 0 Å². The monoisotopic (exact) mass is 126 g/mol. The lowest BCUT2D eigenvalue weighted by molar-refractivity contribution is -0.104. The van der Waals surface area contributed by atoms with Crippen LogP contribution in [0.2, 0.25) is 0 Å². The van der Waals surface area contributed by atoms with Crippen LogP contribution in [0.4, 0.5) is 0 Å². The second-order valence-corrected chi connectivity index (χ2v) is 1.59. The summed E-state index contributed by atoms with van der Waals surface area (Å²) in [6.07, 6.45) is 5.40. The smallest absolute Gasteiger partial charge is 0.142 e. The standard InChI is InChI=1S/C7H10O2/c1-7(6-9-2)4-3-5-8/h3-6H,1-2H3/b4-3+,7-6-. The minimum Gasteiger partial charge on any atom is -0.504 e. The molecule has 0 saturated heterocycles. The van der Waals surface area contributed by atoms with E-state index in [1.54, 1.807) is 19.4 Å². The molecule has 0 aliphatic rings. The quantitative estimate of drug-likeness (QED) is 0.246. The minimum atomic E-state index is 0.729. The molecule has 0 heterocycles. The molecular formula is C7H10O2. The van der Waals surface area contributed by atoms with Crippen LogP contribution in [0, 0.1) is 0 Å². The Kier molecular flexibility index (Phi) is 4.50. The molecule has 0 rings (SSSR count). The van der Waals surface area contributed by atoms with Crippen LogP contribution in [0.3, 0.4) is 0 Å². The van der Waals surface area contributed by atoms with Crippen LogP contribution in [0.5, 0.6) is 0 Å². The Morgan fingerprint density at radius 3 is 2.67 bits per heavy atom. The number of methoxy groups -OCH3 is 1. The van der Waals surface area contributed by atoms with Gasteiger partial charge in [0.25, 0.3) is 0 Å². The number of hydrogen-bond acceptors (Lipinski definition) is 2. The Morgan fingerprint density at radius 1 is 1.56 bits per heavy atom. The molecule has 9 heavy (non-hydrogen) atoms. The van der Waals surface area contributed by atoms with Crippen molar-refractivity contribution in [3.63, 3.8) is 0 Å². The average Bonchev–Trinajstić information content (AvgIpc) is 1.85. The Morgan fingerprint density at radius 2 is 2.22 bits per heavy atom. The molecule has 0 aromatic rings. The van der Waals surface area contributed by atoms with Gasteiger partial charge in [-0.25, -0.2) is 0 Å². The van der Waals surface area contributed by atoms with Crippen LogP contribution in [-0.2, 0) is 9.53 Å². The molecule has 2 heteroatoms. The maximum Gasteiger partial charge on any atom is 0.142 e. The second kappa shape index (κ2) is 5.09. The Balaban J connectivity index is 3.74. The van der Waals surface area contributed by atoms with Gasteiger partial charge in [-0.3, -0.25) is 4.79 Å². The first-order valence-electron chi connectivity index (χ1n) is 2.62. The van der Waals surface area contributed by atoms with Crippen LogP contribution in [0.25, 0.3) is 0 Å². The fourth-order valence-electron chi connectivity index (χ4n) is 0.416. The summed E-state index contributed by atoms with van der Waals surface area (Å²) in [6.45, 7) is 1.85. The highest BCUT2D eigenvalue weighted by Crippen LogP contribution is 1.92. The predicted molar refractivity (Wildman–Crippen MR) is 36.0 cm³/mol. The van der Waals surface area contributed by atoms with Crippen LogP contribution >= 0.6 is 0 Å². The summed E-state index contributed by atoms with van der Waals surface area (Å²) in [7, 11) is 1.57. The van der Waals surface area contributed by atoms with Gasteiger partial charge in [0.05, 0.1) is 13.4 Å². The fourth-order valence-corrected chi connectivity index (χ4v) is 0.416. The average molecular weight is 126 g/mol. The van der Waals surface area contributed by atoms with Gasteiger partial charge in [-0.2, -0.15) is 0 Å². The molecule has 0 unspecified atom stereocenters. The number of rotatable bonds is 3. The molecule has 0 saturated carbocycles. The van der Waals surface area contributed by atoms with Gasteiger partial charge in [-0.15, -0.1) is 0 Å². The van der Waals surface area contributed by atoms with Crippen LogP contribution in [0.1, 0.15) is 6.92 Å². The third-order valence-electron chi connectivity index (χ3n) is 0.741. The topological polar surface area (TPSA) is 26.3 Å². The zero-order valence-electron chi connectivity index (χ0n) is 5.63. The predicted octanol–water partition coefficient (Wildman–Crippen LogP) is 1.29. The van der Waals surface area contributed by atoms with E-state index in [2.05, 4.69) is 4.74 Å². The van der Waals surface area contributed by atoms with E-state index >= 15 is 0 Å². The number of hydrogen-bond donors (Lipinski definition) is 0. The Hall–Kier alpha value is -1.05. The molecule has 0 fully saturated rings. The molecule has 0 atom stereocenters. The van der Waals surface area contributed by atoms with E-state index < -0.39 is 0 Å². The Labute approximate surface area is 54.8 Å². The second-order valence-electron chi connectivity index (χ2n) is 1.59. The van der Waals surface area contributed by atoms with E-state index in [1.165, 1.54) is 6.08 Å². The first-order chi connectivity index (χ1) is 4.31. The summed E-state index contributed by atoms with van der Waals surface area (Å²) >= 11 is 0. The largest absolute Gasteiger partial charge is 0.504 e. The third kappa shape index (κ3) is 4.81. The van der Waals surface area contributed by atoms with Gasteiger partial charge in [0, 0.05) is 0 Å². The highest BCUT2D eigenvalue weighted by Gasteiger charge is 1.76. The summed E-state index contributed by atoms with van der Waals surface area (Å²) < 4.78 is 4.67. The van der Waals surface area contributed by atoms with Crippen LogP contribution < -0.4 is 0 Å². The number of carbonyl (C=O) groups is 1. The molecular weight excluding hydrogens is 116 g/mol. The van der Waals surface area contributed by atoms with Crippen molar-refractivity contribution in [3.05, 3.63) is 24.0 Å². The van der Waals surface area contributed by atoms with Gasteiger partial charge in [0.1, 0.15) is 6.29 Å². The maximum absolute atomic E-state index is 9.76. The van der Waals surface area contributed by atoms with Gasteiger partial charge in [-0.05, 0) is 18.6 Å². The van der Waals surface area contributed by atoms with Gasteiger partial charge in [0.15, 0.2) is 0 Å². The normalized spacial score (nSPS) is 12.0. The number of allylic oxidation sites excluding steroid dienone is 3. The van der Waals surface area contributed by atoms with Crippen LogP contribution in [-0.4, -0.2) is 13.4 Å². The summed E-state index contributed by atoms with van der Waals surface area (Å²) in [5.74, 6) is 0. The molecule has 0 radical (unpaired) electrons. The van der Waals surface area contributed by atoms with Crippen molar-refractivity contribution in [2.45, 2.75) is 6.92 Å². The van der Waals surface area contributed by atoms with Crippen molar-refractivity contribution in [1.29, 1.82) is 0 Å². The summed E-state index contributed by atoms with van der Waals surface area (Å²) in [6, 6.07) is 0. The van der Waals surface area contributed by atoms with Gasteiger partial charge < -0.3 is 4.74 Å². The molecule has 0 aliphatic heterocycles. The summed E-state index contributed by atoms with van der Waals surface area (Å²) in [4.78, 5) is 9.76. The number of aldehydes is 1. The SMILES string of the molecule is CO/C=C(C)\C=C\C=O. The first kappa shape index (κ1) is 7.95. The van der Waals surface area contributed by atoms with Crippen LogP contribution in [0.15, 0.2) is 24.0 Å². The number of carbonyl (C=O) groups excluding carboxylic acids is 1. The van der Waals surface area contributed by atoms with E-state index in [9.17, 15) is 4.79 Å². The zero-order valence-corrected chi connectivity index (χ0v) is 5.63. The van der Waals surface area contributed by atoms with Crippen molar-refractivity contribution >= 4 is 6.29 Å². The molecule has 0 amide bonds. The lowest BCUT2D eigenvalue weighted by Gasteiger charge is -1.88. The van der Waals surface area contributed by atoms with Crippen molar-refractivity contribution < 1.29 is 9.53 Å². The van der Waals surface area contributed by atoms with E-state index in [-0.39, 0.29) is 0 Å². The van der Waals surface area contributed by atoms with Crippen molar-refractivity contribution in [2.75, 3.05) is 7.11 Å². The van der Waals surface area contributed by atoms with E-state index in [1.807, 2.05) is 6.92 Å². The number of ether oxygens (including phenoxy) is 1. The highest BCUT2D eigenvalue weighted by atomic mass is 16.5. The lowest BCUT2D eigenvalue weighted by Crippen LogP contribution is -1.71. The molecule has 0 bridgehead atoms. The Bertz CT molecular complexity index is 134. The van der Waals surface area contributed by atoms with E-state index in [0.717, 1.165) is 11.9 Å². The molecule has 50 valence electrons. The van der Waals surface area contributed by atoms with Crippen molar-refractivity contribution in [1.82, 2.24) is 0 Å². The fraction of sp³-hybridized carbons (Fsp3) is 0.286. The zero-order chi connectivity index (χ0) is 7.11. The highest BCUT2D eigenvalue weighted by molar-refractivity contribution is 5.65. The molecule has 2 nitrogen and oxygen atoms in total. The van der Waals surface area contributed by atoms with Gasteiger partial charge >= 0.3 is 0 Å². The van der Waals surface area contributed by atoms with Gasteiger partial charge in [0.2, 0.25) is 0 Å². The minimum absolute atomic E-state index is 0.729. The maximum atomic E-state index is 9.76. The molecule has 0 aliphatic carbocycles. The first-order valence-corrected chi connectivity index (χ1v) is 2.62. The molecule has 0 spiro atoms. The molecule has 0 aromatic heterocycles. The molecule has 0 N–H and O–H groups in total. The van der Waals surface area contributed by atoms with Crippen molar-refractivity contribution in [2.24, 2.45) is 0 Å². The lowest BCUT2D eigenvalue weighted by atomic mass is 10.3. The van der Waals surface area contributed by atoms with Gasteiger partial charge in [-0.1, -0.05) is 6.08 Å². The summed E-state index contributed by atoms with van der Waals surface area (Å²) in [5, 5.41) is 0. The molecule has 0 aromatic carbocycles. The van der Waals surface area contributed by atoms with E-state index in [0.29, 0.717) is 0 Å². The van der Waals surface area contributed by atoms with E-state index in [4.69, 9.17) is 0 Å².